The first-order chi connectivity index (χ1) is 16.0. The zero-order valence-corrected chi connectivity index (χ0v) is 22.4. The average Bonchev–Trinajstić information content (AvgIpc) is 3.00. The summed E-state index contributed by atoms with van der Waals surface area (Å²) in [6, 6.07) is 12.3. The lowest BCUT2D eigenvalue weighted by Crippen LogP contribution is -2.31. The zero-order valence-electron chi connectivity index (χ0n) is 21.6. The molecule has 1 aliphatic carbocycles. The Morgan fingerprint density at radius 2 is 1.71 bits per heavy atom. The molecule has 0 aromatic heterocycles. The predicted molar refractivity (Wildman–Crippen MR) is 136 cm³/mol. The first-order valence-corrected chi connectivity index (χ1v) is 13.4. The van der Waals surface area contributed by atoms with Crippen molar-refractivity contribution in [2.75, 3.05) is 13.7 Å². The van der Waals surface area contributed by atoms with E-state index in [1.165, 1.54) is 4.31 Å². The summed E-state index contributed by atoms with van der Waals surface area (Å²) in [5, 5.41) is 0. The van der Waals surface area contributed by atoms with E-state index in [-0.39, 0.29) is 17.5 Å². The zero-order chi connectivity index (χ0) is 25.5. The molecular formula is C27H39NO5S. The van der Waals surface area contributed by atoms with Crippen LogP contribution in [-0.2, 0) is 26.0 Å². The molecule has 0 saturated heterocycles. The monoisotopic (exact) mass is 489 g/mol. The molecule has 3 rings (SSSR count). The molecular weight excluding hydrogens is 450 g/mol. The van der Waals surface area contributed by atoms with Gasteiger partial charge in [-0.2, -0.15) is 4.31 Å². The second-order valence-corrected chi connectivity index (χ2v) is 11.3. The van der Waals surface area contributed by atoms with Gasteiger partial charge in [0.25, 0.3) is 0 Å². The Labute approximate surface area is 205 Å². The lowest BCUT2D eigenvalue weighted by atomic mass is 9.98. The average molecular weight is 490 g/mol. The summed E-state index contributed by atoms with van der Waals surface area (Å²) in [4.78, 5) is 12.4. The number of ether oxygens (including phenoxy) is 2. The number of sulfonamides is 1. The Hall–Kier alpha value is -2.38. The maximum Gasteiger partial charge on any atom is 0.344 e. The number of benzene rings is 2. The number of fused-ring (bicyclic) bond motifs is 1. The van der Waals surface area contributed by atoms with Crippen LogP contribution in [0.25, 0.3) is 0 Å². The second kappa shape index (κ2) is 11.8. The van der Waals surface area contributed by atoms with E-state index in [0.717, 1.165) is 42.4 Å². The molecule has 0 bridgehead atoms. The molecule has 0 N–H and O–H groups in total. The van der Waals surface area contributed by atoms with E-state index in [1.807, 2.05) is 71.9 Å². The van der Waals surface area contributed by atoms with Crippen molar-refractivity contribution in [3.8, 4) is 5.75 Å². The summed E-state index contributed by atoms with van der Waals surface area (Å²) in [6.07, 6.45) is 3.33. The lowest BCUT2D eigenvalue weighted by Gasteiger charge is -2.29. The molecule has 188 valence electrons. The molecule has 0 saturated carbocycles. The van der Waals surface area contributed by atoms with E-state index in [0.29, 0.717) is 5.75 Å². The van der Waals surface area contributed by atoms with Crippen LogP contribution in [0.5, 0.6) is 5.75 Å². The van der Waals surface area contributed by atoms with Crippen molar-refractivity contribution in [1.29, 1.82) is 0 Å². The number of esters is 1. The van der Waals surface area contributed by atoms with Gasteiger partial charge in [0.05, 0.1) is 10.9 Å². The molecule has 0 aliphatic heterocycles. The van der Waals surface area contributed by atoms with Crippen molar-refractivity contribution in [2.45, 2.75) is 83.8 Å². The fourth-order valence-corrected chi connectivity index (χ4v) is 5.39. The molecule has 1 aliphatic rings. The molecule has 6 nitrogen and oxygen atoms in total. The van der Waals surface area contributed by atoms with E-state index < -0.39 is 21.6 Å². The normalized spacial score (nSPS) is 16.1. The van der Waals surface area contributed by atoms with Crippen molar-refractivity contribution in [3.63, 3.8) is 0 Å². The molecule has 0 fully saturated rings. The van der Waals surface area contributed by atoms with Gasteiger partial charge in [0.1, 0.15) is 11.4 Å². The number of carbonyl (C=O) groups excluding carboxylic acids is 1. The quantitative estimate of drug-likeness (QED) is 0.377. The van der Waals surface area contributed by atoms with Gasteiger partial charge >= 0.3 is 5.97 Å². The molecule has 1 unspecified atom stereocenters. The van der Waals surface area contributed by atoms with E-state index in [9.17, 15) is 13.2 Å². The van der Waals surface area contributed by atoms with Gasteiger partial charge in [-0.25, -0.2) is 13.2 Å². The Bertz CT molecular complexity index is 1060. The van der Waals surface area contributed by atoms with Gasteiger partial charge in [0.15, 0.2) is 6.61 Å². The molecule has 0 heterocycles. The minimum absolute atomic E-state index is 0.185. The van der Waals surface area contributed by atoms with E-state index in [4.69, 9.17) is 9.47 Å². The molecule has 0 amide bonds. The molecule has 2 aromatic carbocycles. The van der Waals surface area contributed by atoms with Crippen LogP contribution in [0.3, 0.4) is 0 Å². The molecule has 0 spiro atoms. The van der Waals surface area contributed by atoms with Crippen molar-refractivity contribution in [2.24, 2.45) is 0 Å². The highest BCUT2D eigenvalue weighted by Crippen LogP contribution is 2.39. The third-order valence-electron chi connectivity index (χ3n) is 5.59. The predicted octanol–water partition coefficient (Wildman–Crippen LogP) is 5.83. The van der Waals surface area contributed by atoms with Crippen LogP contribution in [0.15, 0.2) is 47.4 Å². The van der Waals surface area contributed by atoms with Gasteiger partial charge in [-0.05, 0) is 76.3 Å². The molecule has 1 atom stereocenters. The number of hydrogen-bond donors (Lipinski definition) is 0. The van der Waals surface area contributed by atoms with E-state index in [1.54, 1.807) is 19.2 Å². The first-order valence-electron chi connectivity index (χ1n) is 12.0. The van der Waals surface area contributed by atoms with Crippen LogP contribution < -0.4 is 4.74 Å². The third kappa shape index (κ3) is 7.06. The Morgan fingerprint density at radius 3 is 2.32 bits per heavy atom. The van der Waals surface area contributed by atoms with Crippen LogP contribution in [-0.4, -0.2) is 37.9 Å². The largest absolute Gasteiger partial charge is 0.482 e. The third-order valence-corrected chi connectivity index (χ3v) is 7.47. The van der Waals surface area contributed by atoms with Gasteiger partial charge in [0, 0.05) is 7.05 Å². The summed E-state index contributed by atoms with van der Waals surface area (Å²) in [5.74, 6) is 0.181. The highest BCUT2D eigenvalue weighted by molar-refractivity contribution is 7.89. The van der Waals surface area contributed by atoms with Crippen molar-refractivity contribution < 1.29 is 22.7 Å². The summed E-state index contributed by atoms with van der Waals surface area (Å²) in [6.45, 7) is 11.2. The molecule has 2 aromatic rings. The van der Waals surface area contributed by atoms with E-state index >= 15 is 0 Å². The van der Waals surface area contributed by atoms with Crippen molar-refractivity contribution in [1.82, 2.24) is 4.31 Å². The topological polar surface area (TPSA) is 72.9 Å². The van der Waals surface area contributed by atoms with Gasteiger partial charge in [-0.1, -0.05) is 50.1 Å². The molecule has 34 heavy (non-hydrogen) atoms. The maximum atomic E-state index is 13.3. The summed E-state index contributed by atoms with van der Waals surface area (Å²) < 4.78 is 39.3. The Morgan fingerprint density at radius 1 is 1.06 bits per heavy atom. The maximum absolute atomic E-state index is 13.3. The van der Waals surface area contributed by atoms with Crippen molar-refractivity contribution >= 4 is 16.0 Å². The van der Waals surface area contributed by atoms with Gasteiger partial charge in [-0.3, -0.25) is 0 Å². The van der Waals surface area contributed by atoms with Crippen molar-refractivity contribution in [3.05, 3.63) is 59.2 Å². The SMILES string of the molecule is CC.Cc1ccc(S(=O)(=O)N(C)C2CCCCc3c(OCC(=O)OC(C)(C)C)cccc32)cc1. The number of hydrogen-bond acceptors (Lipinski definition) is 5. The Balaban J connectivity index is 0.00000199. The standard InChI is InChI=1S/C25H33NO5S.C2H6/c1-18-13-15-19(16-14-18)32(28,29)26(5)22-11-7-6-9-21-20(22)10-8-12-23(21)30-17-24(27)31-25(2,3)4;1-2/h8,10,12-16,22H,6-7,9,11,17H2,1-5H3;1-2H3. The lowest BCUT2D eigenvalue weighted by molar-refractivity contribution is -0.157. The summed E-state index contributed by atoms with van der Waals surface area (Å²) in [7, 11) is -2.01. The summed E-state index contributed by atoms with van der Waals surface area (Å²) >= 11 is 0. The van der Waals surface area contributed by atoms with Crippen LogP contribution >= 0.6 is 0 Å². The summed E-state index contributed by atoms with van der Waals surface area (Å²) in [5.41, 5.74) is 2.33. The fourth-order valence-electron chi connectivity index (χ4n) is 4.02. The number of aryl methyl sites for hydroxylation is 1. The Kier molecular flexibility index (Phi) is 9.71. The number of carbonyl (C=O) groups is 1. The minimum atomic E-state index is -3.65. The second-order valence-electron chi connectivity index (χ2n) is 9.29. The molecule has 0 radical (unpaired) electrons. The van der Waals surface area contributed by atoms with Crippen LogP contribution in [0.4, 0.5) is 0 Å². The number of rotatable bonds is 6. The van der Waals surface area contributed by atoms with Crippen LogP contribution in [0.1, 0.15) is 76.6 Å². The van der Waals surface area contributed by atoms with Gasteiger partial charge < -0.3 is 9.47 Å². The van der Waals surface area contributed by atoms with E-state index in [2.05, 4.69) is 0 Å². The highest BCUT2D eigenvalue weighted by atomic mass is 32.2. The smallest absolute Gasteiger partial charge is 0.344 e. The first kappa shape index (κ1) is 27.9. The van der Waals surface area contributed by atoms with Crippen LogP contribution in [0, 0.1) is 6.92 Å². The minimum Gasteiger partial charge on any atom is -0.482 e. The van der Waals surface area contributed by atoms with Crippen LogP contribution in [0.2, 0.25) is 0 Å². The van der Waals surface area contributed by atoms with Gasteiger partial charge in [-0.15, -0.1) is 0 Å². The number of nitrogens with zero attached hydrogens (tertiary/aromatic N) is 1. The fraction of sp³-hybridized carbons (Fsp3) is 0.519. The molecule has 7 heteroatoms. The van der Waals surface area contributed by atoms with Gasteiger partial charge in [0.2, 0.25) is 10.0 Å². The highest BCUT2D eigenvalue weighted by Gasteiger charge is 2.32.